The molecular weight excluding hydrogens is 307 g/mol. The summed E-state index contributed by atoms with van der Waals surface area (Å²) < 4.78 is 12.5. The second-order valence-electron chi connectivity index (χ2n) is 7.87. The maximum Gasteiger partial charge on any atom is 0.192 e. The molecule has 1 aliphatic heterocycles. The molecule has 0 aromatic carbocycles. The third kappa shape index (κ3) is 3.37. The van der Waals surface area contributed by atoms with Crippen molar-refractivity contribution in [3.8, 4) is 0 Å². The Kier molecular flexibility index (Phi) is 5.33. The Hall–Kier alpha value is -0.0982. The highest BCUT2D eigenvalue weighted by atomic mass is 32.1. The van der Waals surface area contributed by atoms with E-state index in [2.05, 4.69) is 47.7 Å². The van der Waals surface area contributed by atoms with Gasteiger partial charge >= 0.3 is 0 Å². The summed E-state index contributed by atoms with van der Waals surface area (Å²) in [5.41, 5.74) is 2.70. The quantitative estimate of drug-likeness (QED) is 0.752. The Bertz CT molecular complexity index is 533. The van der Waals surface area contributed by atoms with Crippen molar-refractivity contribution in [3.05, 3.63) is 20.9 Å². The van der Waals surface area contributed by atoms with E-state index in [9.17, 15) is 0 Å². The number of hydrogen-bond acceptors (Lipinski definition) is 3. The Morgan fingerprint density at radius 1 is 1.23 bits per heavy atom. The van der Waals surface area contributed by atoms with Gasteiger partial charge in [-0.05, 0) is 43.1 Å². The Labute approximate surface area is 142 Å². The van der Waals surface area contributed by atoms with E-state index in [-0.39, 0.29) is 11.1 Å². The minimum atomic E-state index is -1.79. The Morgan fingerprint density at radius 2 is 1.86 bits per heavy atom. The van der Waals surface area contributed by atoms with Crippen LogP contribution in [-0.2, 0) is 15.5 Å². The van der Waals surface area contributed by atoms with Gasteiger partial charge in [-0.3, -0.25) is 0 Å². The van der Waals surface area contributed by atoms with Crippen molar-refractivity contribution in [2.45, 2.75) is 71.1 Å². The third-order valence-electron chi connectivity index (χ3n) is 5.29. The molecule has 1 saturated heterocycles. The SMILES string of the molecule is [B]Cc1c(C)sc(C)c1[C@H]1COC[C@@H]1O[Si](C)(C)C(C)(C)C. The van der Waals surface area contributed by atoms with Crippen LogP contribution >= 0.6 is 11.3 Å². The molecule has 1 fully saturated rings. The van der Waals surface area contributed by atoms with Gasteiger partial charge in [0.2, 0.25) is 0 Å². The van der Waals surface area contributed by atoms with E-state index in [0.717, 1.165) is 6.61 Å². The van der Waals surface area contributed by atoms with Gasteiger partial charge in [0.25, 0.3) is 0 Å². The fraction of sp³-hybridized carbons (Fsp3) is 0.765. The molecule has 0 spiro atoms. The van der Waals surface area contributed by atoms with Gasteiger partial charge in [0.1, 0.15) is 0 Å². The topological polar surface area (TPSA) is 18.5 Å². The van der Waals surface area contributed by atoms with Gasteiger partial charge in [-0.25, -0.2) is 0 Å². The fourth-order valence-electron chi connectivity index (χ4n) is 2.96. The van der Waals surface area contributed by atoms with Gasteiger partial charge < -0.3 is 9.16 Å². The van der Waals surface area contributed by atoms with E-state index < -0.39 is 8.32 Å². The molecule has 0 N–H and O–H groups in total. The van der Waals surface area contributed by atoms with Crippen LogP contribution in [0.2, 0.25) is 18.1 Å². The first-order chi connectivity index (χ1) is 10.1. The van der Waals surface area contributed by atoms with Gasteiger partial charge in [0.15, 0.2) is 8.32 Å². The second-order valence-corrected chi connectivity index (χ2v) is 14.1. The third-order valence-corrected chi connectivity index (χ3v) is 10.9. The summed E-state index contributed by atoms with van der Waals surface area (Å²) in [4.78, 5) is 2.71. The summed E-state index contributed by atoms with van der Waals surface area (Å²) in [5, 5.41) is 0.219. The van der Waals surface area contributed by atoms with Crippen LogP contribution in [0.25, 0.3) is 0 Å². The monoisotopic (exact) mass is 336 g/mol. The molecule has 2 atom stereocenters. The van der Waals surface area contributed by atoms with Gasteiger partial charge in [0.05, 0.1) is 27.2 Å². The maximum atomic E-state index is 6.67. The molecule has 0 unspecified atom stereocenters. The van der Waals surface area contributed by atoms with Crippen molar-refractivity contribution in [1.82, 2.24) is 0 Å². The molecule has 2 heterocycles. The summed E-state index contributed by atoms with van der Waals surface area (Å²) in [5.74, 6) is 0.331. The molecule has 122 valence electrons. The highest BCUT2D eigenvalue weighted by molar-refractivity contribution is 7.12. The largest absolute Gasteiger partial charge is 0.411 e. The molecular formula is C17H29BO2SSi. The summed E-state index contributed by atoms with van der Waals surface area (Å²) >= 11 is 1.85. The van der Waals surface area contributed by atoms with Crippen molar-refractivity contribution in [2.24, 2.45) is 0 Å². The van der Waals surface area contributed by atoms with Crippen molar-refractivity contribution in [3.63, 3.8) is 0 Å². The zero-order valence-electron chi connectivity index (χ0n) is 15.1. The molecule has 2 rings (SSSR count). The molecule has 0 bridgehead atoms. The average molecular weight is 336 g/mol. The summed E-state index contributed by atoms with van der Waals surface area (Å²) in [6.45, 7) is 17.3. The molecule has 1 aliphatic rings. The van der Waals surface area contributed by atoms with Crippen LogP contribution in [0.5, 0.6) is 0 Å². The predicted molar refractivity (Wildman–Crippen MR) is 98.9 cm³/mol. The molecule has 5 heteroatoms. The highest BCUT2D eigenvalue weighted by Crippen LogP contribution is 2.43. The van der Waals surface area contributed by atoms with Crippen LogP contribution in [0.15, 0.2) is 0 Å². The lowest BCUT2D eigenvalue weighted by atomic mass is 9.86. The van der Waals surface area contributed by atoms with Gasteiger partial charge in [-0.15, -0.1) is 11.3 Å². The molecule has 22 heavy (non-hydrogen) atoms. The summed E-state index contributed by atoms with van der Waals surface area (Å²) in [7, 11) is 4.22. The predicted octanol–water partition coefficient (Wildman–Crippen LogP) is 4.54. The highest BCUT2D eigenvalue weighted by Gasteiger charge is 2.43. The first-order valence-electron chi connectivity index (χ1n) is 8.13. The molecule has 0 aliphatic carbocycles. The molecule has 0 amide bonds. The van der Waals surface area contributed by atoms with Crippen molar-refractivity contribution in [2.75, 3.05) is 13.2 Å². The van der Waals surface area contributed by atoms with E-state index in [4.69, 9.17) is 17.0 Å². The molecule has 1 aromatic heterocycles. The lowest BCUT2D eigenvalue weighted by Gasteiger charge is -2.39. The normalized spacial score (nSPS) is 23.2. The van der Waals surface area contributed by atoms with E-state index >= 15 is 0 Å². The Balaban J connectivity index is 2.29. The van der Waals surface area contributed by atoms with Crippen LogP contribution in [0, 0.1) is 13.8 Å². The van der Waals surface area contributed by atoms with Crippen molar-refractivity contribution < 1.29 is 9.16 Å². The van der Waals surface area contributed by atoms with Crippen LogP contribution in [0.1, 0.15) is 47.6 Å². The first kappa shape index (κ1) is 18.2. The van der Waals surface area contributed by atoms with Crippen molar-refractivity contribution >= 4 is 27.5 Å². The van der Waals surface area contributed by atoms with Gasteiger partial charge in [0, 0.05) is 15.7 Å². The lowest BCUT2D eigenvalue weighted by Crippen LogP contribution is -2.45. The average Bonchev–Trinajstić information content (AvgIpc) is 2.91. The van der Waals surface area contributed by atoms with Crippen LogP contribution < -0.4 is 0 Å². The maximum absolute atomic E-state index is 6.67. The standard InChI is InChI=1S/C17H29BO2SSi/c1-11-13(8-18)16(12(2)21-11)14-9-19-10-15(14)20-22(6,7)17(3,4)5/h14-15H,8-10H2,1-7H3/t14-,15-/m0/s1. The van der Waals surface area contributed by atoms with E-state index in [1.807, 2.05) is 11.3 Å². The minimum absolute atomic E-state index is 0.166. The van der Waals surface area contributed by atoms with E-state index in [1.54, 1.807) is 0 Å². The number of aryl methyl sites for hydroxylation is 2. The Morgan fingerprint density at radius 3 is 2.41 bits per heavy atom. The van der Waals surface area contributed by atoms with Crippen LogP contribution in [0.4, 0.5) is 0 Å². The number of hydrogen-bond donors (Lipinski definition) is 0. The molecule has 1 aromatic rings. The second kappa shape index (κ2) is 6.42. The molecule has 2 nitrogen and oxygen atoms in total. The zero-order valence-corrected chi connectivity index (χ0v) is 16.9. The lowest BCUT2D eigenvalue weighted by molar-refractivity contribution is 0.130. The number of ether oxygens (including phenoxy) is 1. The molecule has 2 radical (unpaired) electrons. The first-order valence-corrected chi connectivity index (χ1v) is 11.9. The van der Waals surface area contributed by atoms with Crippen LogP contribution in [-0.4, -0.2) is 35.5 Å². The summed E-state index contributed by atoms with van der Waals surface area (Å²) in [6.07, 6.45) is 0.772. The zero-order chi connectivity index (χ0) is 16.7. The molecule has 0 saturated carbocycles. The van der Waals surface area contributed by atoms with E-state index in [0.29, 0.717) is 18.8 Å². The van der Waals surface area contributed by atoms with Crippen molar-refractivity contribution in [1.29, 1.82) is 0 Å². The number of thiophene rings is 1. The number of rotatable bonds is 4. The smallest absolute Gasteiger partial charge is 0.192 e. The van der Waals surface area contributed by atoms with Crippen LogP contribution in [0.3, 0.4) is 0 Å². The van der Waals surface area contributed by atoms with Gasteiger partial charge in [-0.2, -0.15) is 0 Å². The fourth-order valence-corrected chi connectivity index (χ4v) is 5.47. The van der Waals surface area contributed by atoms with Gasteiger partial charge in [-0.1, -0.05) is 27.1 Å². The minimum Gasteiger partial charge on any atom is -0.411 e. The van der Waals surface area contributed by atoms with E-state index in [1.165, 1.54) is 20.9 Å². The summed E-state index contributed by atoms with van der Waals surface area (Å²) in [6, 6.07) is 0.